The van der Waals surface area contributed by atoms with Crippen LogP contribution >= 0.6 is 11.6 Å². The summed E-state index contributed by atoms with van der Waals surface area (Å²) in [5.74, 6) is -2.88. The molecule has 4 atom stereocenters. The first kappa shape index (κ1) is 35.8. The van der Waals surface area contributed by atoms with Gasteiger partial charge >= 0.3 is 0 Å². The van der Waals surface area contributed by atoms with E-state index in [0.717, 1.165) is 18.4 Å². The van der Waals surface area contributed by atoms with Crippen LogP contribution in [-0.4, -0.2) is 76.3 Å². The standard InChI is InChI=1S/C36H50ClN5O6/c1-9-11-23(26(43)30(45)38-22-14-15-22)39-29(44)25-18-36(17-24(41-48-36)20-12-10-13-21(37)16-20)19-42(25)32(47)28(33(2,3)4)40-31(46)27-34(5,6)35(27,7)8/h10,12-13,16,22-23,25,27-28H,9,11,14-15,17-19H2,1-8H3,(H,38,45)(H,39,44)(H,40,46)/t23-,25-,28+,36+/m0/s1. The molecular formula is C36H50ClN5O6. The van der Waals surface area contributed by atoms with E-state index < -0.39 is 52.6 Å². The molecule has 4 aliphatic rings. The molecule has 2 aliphatic carbocycles. The quantitative estimate of drug-likeness (QED) is 0.299. The molecule has 1 spiro atoms. The number of nitrogens with zero attached hydrogens (tertiary/aromatic N) is 2. The highest BCUT2D eigenvalue weighted by Gasteiger charge is 2.68. The Hall–Kier alpha value is -3.47. The SMILES string of the molecule is CCC[C@H](NC(=O)[C@@H]1C[C@]2(CC(c3cccc(Cl)c3)=NO2)CN1C(=O)[C@@H](NC(=O)C1C(C)(C)C1(C)C)C(C)(C)C)C(=O)C(=O)NC1CC1. The molecule has 3 N–H and O–H groups in total. The third-order valence-electron chi connectivity index (χ3n) is 11.0. The van der Waals surface area contributed by atoms with Crippen molar-refractivity contribution in [3.05, 3.63) is 34.9 Å². The van der Waals surface area contributed by atoms with Gasteiger partial charge in [-0.25, -0.2) is 0 Å². The Balaban J connectivity index is 1.42. The summed E-state index contributed by atoms with van der Waals surface area (Å²) in [6.07, 6.45) is 2.89. The number of oxime groups is 1. The first-order valence-electron chi connectivity index (χ1n) is 17.1. The summed E-state index contributed by atoms with van der Waals surface area (Å²) in [4.78, 5) is 75.8. The lowest BCUT2D eigenvalue weighted by atomic mass is 9.85. The van der Waals surface area contributed by atoms with Crippen molar-refractivity contribution in [1.82, 2.24) is 20.9 Å². The maximum Gasteiger partial charge on any atom is 0.289 e. The Labute approximate surface area is 288 Å². The summed E-state index contributed by atoms with van der Waals surface area (Å²) in [5, 5.41) is 13.5. The third kappa shape index (κ3) is 6.98. The van der Waals surface area contributed by atoms with Gasteiger partial charge in [0.1, 0.15) is 12.1 Å². The molecule has 0 radical (unpaired) electrons. The zero-order valence-corrected chi connectivity index (χ0v) is 30.1. The van der Waals surface area contributed by atoms with Gasteiger partial charge < -0.3 is 25.7 Å². The number of amides is 4. The van der Waals surface area contributed by atoms with Crippen molar-refractivity contribution in [3.8, 4) is 0 Å². The molecule has 5 rings (SSSR count). The molecule has 2 aliphatic heterocycles. The van der Waals surface area contributed by atoms with Crippen molar-refractivity contribution in [2.75, 3.05) is 6.54 Å². The average molecular weight is 684 g/mol. The minimum absolute atomic E-state index is 0.00762. The molecule has 2 saturated carbocycles. The molecule has 1 aromatic rings. The van der Waals surface area contributed by atoms with E-state index in [9.17, 15) is 24.0 Å². The Morgan fingerprint density at radius 2 is 1.71 bits per heavy atom. The van der Waals surface area contributed by atoms with Crippen LogP contribution in [0.4, 0.5) is 0 Å². The second-order valence-corrected chi connectivity index (χ2v) is 16.8. The third-order valence-corrected chi connectivity index (χ3v) is 11.2. The Morgan fingerprint density at radius 3 is 2.27 bits per heavy atom. The summed E-state index contributed by atoms with van der Waals surface area (Å²) < 4.78 is 0. The molecule has 3 fully saturated rings. The largest absolute Gasteiger partial charge is 0.387 e. The van der Waals surface area contributed by atoms with E-state index >= 15 is 0 Å². The molecular weight excluding hydrogens is 634 g/mol. The molecule has 4 amide bonds. The van der Waals surface area contributed by atoms with Crippen molar-refractivity contribution in [2.45, 2.75) is 124 Å². The monoisotopic (exact) mass is 683 g/mol. The summed E-state index contributed by atoms with van der Waals surface area (Å²) >= 11 is 6.25. The van der Waals surface area contributed by atoms with Gasteiger partial charge in [-0.05, 0) is 47.6 Å². The molecule has 11 nitrogen and oxygen atoms in total. The lowest BCUT2D eigenvalue weighted by molar-refractivity contribution is -0.145. The first-order chi connectivity index (χ1) is 22.3. The number of nitrogens with one attached hydrogen (secondary N) is 3. The van der Waals surface area contributed by atoms with Crippen molar-refractivity contribution >= 4 is 46.7 Å². The number of benzene rings is 1. The zero-order valence-electron chi connectivity index (χ0n) is 29.4. The molecule has 1 saturated heterocycles. The highest BCUT2D eigenvalue weighted by atomic mass is 35.5. The Morgan fingerprint density at radius 1 is 1.04 bits per heavy atom. The highest BCUT2D eigenvalue weighted by Crippen LogP contribution is 2.68. The number of carbonyl (C=O) groups is 5. The van der Waals surface area contributed by atoms with Crippen molar-refractivity contribution < 1.29 is 28.8 Å². The minimum atomic E-state index is -1.05. The molecule has 1 aromatic carbocycles. The van der Waals surface area contributed by atoms with Gasteiger partial charge in [-0.2, -0.15) is 0 Å². The predicted octanol–water partition coefficient (Wildman–Crippen LogP) is 4.15. The van der Waals surface area contributed by atoms with E-state index in [1.807, 2.05) is 67.5 Å². The number of rotatable bonds is 11. The van der Waals surface area contributed by atoms with Gasteiger partial charge in [-0.1, -0.05) is 90.7 Å². The van der Waals surface area contributed by atoms with Crippen LogP contribution in [0.15, 0.2) is 29.4 Å². The molecule has 0 bridgehead atoms. The van der Waals surface area contributed by atoms with E-state index in [1.54, 1.807) is 12.1 Å². The van der Waals surface area contributed by atoms with Crippen LogP contribution < -0.4 is 16.0 Å². The van der Waals surface area contributed by atoms with Crippen LogP contribution in [0.3, 0.4) is 0 Å². The lowest BCUT2D eigenvalue weighted by Gasteiger charge is -2.36. The number of hydrogen-bond acceptors (Lipinski definition) is 7. The van der Waals surface area contributed by atoms with Crippen LogP contribution in [0.25, 0.3) is 0 Å². The Bertz CT molecular complexity index is 1510. The van der Waals surface area contributed by atoms with E-state index in [-0.39, 0.29) is 48.1 Å². The fraction of sp³-hybridized carbons (Fsp3) is 0.667. The van der Waals surface area contributed by atoms with Crippen LogP contribution in [0.5, 0.6) is 0 Å². The molecule has 2 heterocycles. The maximum absolute atomic E-state index is 14.6. The fourth-order valence-electron chi connectivity index (χ4n) is 7.31. The lowest BCUT2D eigenvalue weighted by Crippen LogP contribution is -2.59. The number of carbonyl (C=O) groups excluding carboxylic acids is 5. The topological polar surface area (TPSA) is 146 Å². The number of Topliss-reactive ketones (excluding diaryl/α,β-unsaturated/α-hetero) is 1. The fourth-order valence-corrected chi connectivity index (χ4v) is 7.50. The second kappa shape index (κ2) is 12.8. The van der Waals surface area contributed by atoms with Gasteiger partial charge in [0.25, 0.3) is 5.91 Å². The molecule has 0 aromatic heterocycles. The van der Waals surface area contributed by atoms with E-state index in [2.05, 4.69) is 21.1 Å². The van der Waals surface area contributed by atoms with Gasteiger partial charge in [0.2, 0.25) is 23.5 Å². The summed E-state index contributed by atoms with van der Waals surface area (Å²) in [6.45, 7) is 15.7. The summed E-state index contributed by atoms with van der Waals surface area (Å²) in [5.41, 5.74) is -0.777. The van der Waals surface area contributed by atoms with Gasteiger partial charge in [-0.15, -0.1) is 0 Å². The van der Waals surface area contributed by atoms with Crippen molar-refractivity contribution in [3.63, 3.8) is 0 Å². The van der Waals surface area contributed by atoms with E-state index in [1.165, 1.54) is 4.90 Å². The minimum Gasteiger partial charge on any atom is -0.387 e. The van der Waals surface area contributed by atoms with E-state index in [4.69, 9.17) is 16.4 Å². The zero-order chi connectivity index (χ0) is 35.4. The number of likely N-dealkylation sites (tertiary alicyclic amines) is 1. The van der Waals surface area contributed by atoms with Crippen LogP contribution in [0.1, 0.15) is 99.5 Å². The predicted molar refractivity (Wildman–Crippen MR) is 182 cm³/mol. The molecule has 0 unspecified atom stereocenters. The maximum atomic E-state index is 14.6. The number of hydrogen-bond donors (Lipinski definition) is 3. The van der Waals surface area contributed by atoms with Crippen LogP contribution in [0, 0.1) is 22.2 Å². The molecule has 12 heteroatoms. The number of halogens is 1. The van der Waals surface area contributed by atoms with Crippen molar-refractivity contribution in [1.29, 1.82) is 0 Å². The molecule has 48 heavy (non-hydrogen) atoms. The molecule has 262 valence electrons. The smallest absolute Gasteiger partial charge is 0.289 e. The van der Waals surface area contributed by atoms with Crippen LogP contribution in [0.2, 0.25) is 5.02 Å². The van der Waals surface area contributed by atoms with Crippen molar-refractivity contribution in [2.24, 2.45) is 27.3 Å². The normalized spacial score (nSPS) is 25.5. The average Bonchev–Trinajstić information content (AvgIpc) is 3.73. The second-order valence-electron chi connectivity index (χ2n) is 16.3. The van der Waals surface area contributed by atoms with E-state index in [0.29, 0.717) is 23.6 Å². The number of ketones is 1. The van der Waals surface area contributed by atoms with Gasteiger partial charge in [0.15, 0.2) is 5.60 Å². The van der Waals surface area contributed by atoms with Gasteiger partial charge in [-0.3, -0.25) is 24.0 Å². The Kier molecular flexibility index (Phi) is 9.53. The first-order valence-corrected chi connectivity index (χ1v) is 17.5. The van der Waals surface area contributed by atoms with Gasteiger partial charge in [0.05, 0.1) is 18.3 Å². The van der Waals surface area contributed by atoms with Crippen LogP contribution in [-0.2, 0) is 28.8 Å². The van der Waals surface area contributed by atoms with Gasteiger partial charge in [0, 0.05) is 35.4 Å². The summed E-state index contributed by atoms with van der Waals surface area (Å²) in [7, 11) is 0. The highest BCUT2D eigenvalue weighted by molar-refractivity contribution is 6.38. The summed E-state index contributed by atoms with van der Waals surface area (Å²) in [6, 6.07) is 4.18.